The Labute approximate surface area is 314 Å². The van der Waals surface area contributed by atoms with Crippen LogP contribution < -0.4 is 14.4 Å². The highest BCUT2D eigenvalue weighted by Gasteiger charge is 2.29. The van der Waals surface area contributed by atoms with Crippen molar-refractivity contribution in [3.05, 3.63) is 133 Å². The number of halogens is 2. The normalized spacial score (nSPS) is 16.4. The highest BCUT2D eigenvalue weighted by atomic mass is 35.5. The molecule has 0 radical (unpaired) electrons. The molecule has 0 atom stereocenters. The number of carbonyl (C=O) groups is 1. The van der Waals surface area contributed by atoms with Crippen LogP contribution >= 0.6 is 23.2 Å². The van der Waals surface area contributed by atoms with Gasteiger partial charge in [0, 0.05) is 60.1 Å². The summed E-state index contributed by atoms with van der Waals surface area (Å²) >= 11 is 12.1. The Kier molecular flexibility index (Phi) is 11.3. The molecule has 272 valence electrons. The summed E-state index contributed by atoms with van der Waals surface area (Å²) in [4.78, 5) is 28.8. The lowest BCUT2D eigenvalue weighted by atomic mass is 9.72. The van der Waals surface area contributed by atoms with Crippen LogP contribution in [0, 0.1) is 15.5 Å². The molecule has 1 N–H and O–H groups in total. The maximum Gasteiger partial charge on any atom is 0.276 e. The summed E-state index contributed by atoms with van der Waals surface area (Å²) in [5, 5.41) is 12.9. The number of rotatable bonds is 11. The van der Waals surface area contributed by atoms with Crippen LogP contribution in [-0.4, -0.2) is 56.9 Å². The van der Waals surface area contributed by atoms with Gasteiger partial charge in [-0.1, -0.05) is 54.8 Å². The monoisotopic (exact) mass is 762 g/mol. The molecular weight excluding hydrogens is 723 g/mol. The van der Waals surface area contributed by atoms with Gasteiger partial charge in [-0.05, 0) is 109 Å². The van der Waals surface area contributed by atoms with E-state index in [2.05, 4.69) is 40.5 Å². The quantitative estimate of drug-likeness (QED) is 0.120. The average Bonchev–Trinajstić information content (AvgIpc) is 3.12. The molecule has 0 aromatic heterocycles. The average molecular weight is 764 g/mol. The van der Waals surface area contributed by atoms with E-state index < -0.39 is 20.9 Å². The van der Waals surface area contributed by atoms with E-state index in [1.54, 1.807) is 36.4 Å². The molecule has 13 heteroatoms. The SMILES string of the molecule is CC1(C)CCC(CN2CCN(c3ccc(S(=O)(=O)NC(=O)c4ccc([N+](=O)[O-])c(COc5ccc(Cl)cc5)c4)cc3)CC2)=C(c2ccc(Cl)cc2)C1. The van der Waals surface area contributed by atoms with Crippen molar-refractivity contribution < 1.29 is 22.9 Å². The minimum Gasteiger partial charge on any atom is -0.489 e. The van der Waals surface area contributed by atoms with Gasteiger partial charge in [0.2, 0.25) is 0 Å². The molecule has 10 nitrogen and oxygen atoms in total. The molecule has 4 aromatic carbocycles. The summed E-state index contributed by atoms with van der Waals surface area (Å²) in [5.41, 5.74) is 5.09. The number of nitro groups is 1. The Hall–Kier alpha value is -4.42. The van der Waals surface area contributed by atoms with Crippen molar-refractivity contribution in [2.45, 2.75) is 44.6 Å². The van der Waals surface area contributed by atoms with Crippen LogP contribution in [0.25, 0.3) is 5.57 Å². The number of carbonyl (C=O) groups excluding carboxylic acids is 1. The second kappa shape index (κ2) is 15.7. The van der Waals surface area contributed by atoms with E-state index in [9.17, 15) is 23.3 Å². The van der Waals surface area contributed by atoms with Gasteiger partial charge in [-0.15, -0.1) is 0 Å². The van der Waals surface area contributed by atoms with E-state index in [-0.39, 0.29) is 33.7 Å². The predicted molar refractivity (Wildman–Crippen MR) is 205 cm³/mol. The molecule has 1 aliphatic heterocycles. The van der Waals surface area contributed by atoms with E-state index >= 15 is 0 Å². The topological polar surface area (TPSA) is 122 Å². The number of anilines is 1. The zero-order valence-electron chi connectivity index (χ0n) is 29.0. The number of benzene rings is 4. The third-order valence-corrected chi connectivity index (χ3v) is 11.5. The summed E-state index contributed by atoms with van der Waals surface area (Å²) in [6.45, 7) is 8.70. The maximum absolute atomic E-state index is 13.2. The standard InChI is InChI=1S/C39H40Cl2N4O6S/c1-39(2)18-17-29(36(24-39)27-3-6-31(40)7-4-27)25-43-19-21-44(22-20-43)33-10-14-35(15-11-33)52(49,50)42-38(46)28-5-16-37(45(47)48)30(23-28)26-51-34-12-8-32(41)9-13-34/h3-16,23H,17-22,24-26H2,1-2H3,(H,42,46). The van der Waals surface area contributed by atoms with Gasteiger partial charge in [0.05, 0.1) is 15.4 Å². The highest BCUT2D eigenvalue weighted by Crippen LogP contribution is 2.43. The van der Waals surface area contributed by atoms with Crippen molar-refractivity contribution in [2.24, 2.45) is 5.41 Å². The largest absolute Gasteiger partial charge is 0.489 e. The zero-order valence-corrected chi connectivity index (χ0v) is 31.3. The fourth-order valence-electron chi connectivity index (χ4n) is 6.69. The zero-order chi connectivity index (χ0) is 37.0. The summed E-state index contributed by atoms with van der Waals surface area (Å²) in [6.07, 6.45) is 3.26. The number of nitro benzene ring substituents is 1. The summed E-state index contributed by atoms with van der Waals surface area (Å²) in [5.74, 6) is -0.495. The van der Waals surface area contributed by atoms with Crippen molar-refractivity contribution in [1.29, 1.82) is 0 Å². The van der Waals surface area contributed by atoms with E-state index in [4.69, 9.17) is 27.9 Å². The predicted octanol–water partition coefficient (Wildman–Crippen LogP) is 8.39. The number of allylic oxidation sites excluding steroid dienone is 1. The first-order valence-corrected chi connectivity index (χ1v) is 19.3. The Morgan fingerprint density at radius 3 is 2.17 bits per heavy atom. The molecular formula is C39H40Cl2N4O6S. The number of piperazine rings is 1. The van der Waals surface area contributed by atoms with Gasteiger partial charge >= 0.3 is 0 Å². The molecule has 0 saturated carbocycles. The van der Waals surface area contributed by atoms with Crippen LogP contribution in [0.15, 0.2) is 101 Å². The number of nitrogens with one attached hydrogen (secondary N) is 1. The molecule has 1 heterocycles. The van der Waals surface area contributed by atoms with Crippen LogP contribution in [0.1, 0.15) is 54.6 Å². The number of hydrogen-bond acceptors (Lipinski definition) is 8. The molecule has 2 aliphatic rings. The second-order valence-corrected chi connectivity index (χ2v) is 16.5. The highest BCUT2D eigenvalue weighted by molar-refractivity contribution is 7.90. The molecule has 0 spiro atoms. The van der Waals surface area contributed by atoms with E-state index in [0.29, 0.717) is 10.8 Å². The Bertz CT molecular complexity index is 2080. The van der Waals surface area contributed by atoms with Crippen LogP contribution in [0.4, 0.5) is 11.4 Å². The van der Waals surface area contributed by atoms with Crippen molar-refractivity contribution in [1.82, 2.24) is 9.62 Å². The van der Waals surface area contributed by atoms with E-state index in [1.165, 1.54) is 41.0 Å². The molecule has 1 fully saturated rings. The van der Waals surface area contributed by atoms with Gasteiger partial charge in [0.1, 0.15) is 12.4 Å². The smallest absolute Gasteiger partial charge is 0.276 e. The first kappa shape index (κ1) is 37.3. The van der Waals surface area contributed by atoms with E-state index in [0.717, 1.165) is 68.8 Å². The van der Waals surface area contributed by atoms with Gasteiger partial charge in [0.25, 0.3) is 21.6 Å². The number of ether oxygens (including phenoxy) is 1. The molecule has 0 unspecified atom stereocenters. The van der Waals surface area contributed by atoms with Gasteiger partial charge in [0.15, 0.2) is 0 Å². The molecule has 1 amide bonds. The fraction of sp³-hybridized carbons (Fsp3) is 0.308. The molecule has 1 saturated heterocycles. The van der Waals surface area contributed by atoms with Crippen molar-refractivity contribution >= 4 is 56.1 Å². The van der Waals surface area contributed by atoms with E-state index in [1.807, 2.05) is 12.1 Å². The fourth-order valence-corrected chi connectivity index (χ4v) is 7.91. The third kappa shape index (κ3) is 9.14. The van der Waals surface area contributed by atoms with Gasteiger partial charge in [-0.2, -0.15) is 0 Å². The first-order chi connectivity index (χ1) is 24.8. The third-order valence-electron chi connectivity index (χ3n) is 9.65. The van der Waals surface area contributed by atoms with Crippen LogP contribution in [0.2, 0.25) is 10.0 Å². The molecule has 4 aromatic rings. The Balaban J connectivity index is 1.07. The second-order valence-electron chi connectivity index (χ2n) is 14.0. The molecule has 6 rings (SSSR count). The van der Waals surface area contributed by atoms with Gasteiger partial charge < -0.3 is 9.64 Å². The van der Waals surface area contributed by atoms with Crippen molar-refractivity contribution in [3.63, 3.8) is 0 Å². The maximum atomic E-state index is 13.2. The van der Waals surface area contributed by atoms with Crippen LogP contribution in [0.5, 0.6) is 5.75 Å². The lowest BCUT2D eigenvalue weighted by Gasteiger charge is -2.39. The minimum atomic E-state index is -4.23. The van der Waals surface area contributed by atoms with Gasteiger partial charge in [-0.3, -0.25) is 19.8 Å². The first-order valence-electron chi connectivity index (χ1n) is 17.0. The lowest BCUT2D eigenvalue weighted by molar-refractivity contribution is -0.385. The minimum absolute atomic E-state index is 0.0636. The Morgan fingerprint density at radius 2 is 1.54 bits per heavy atom. The van der Waals surface area contributed by atoms with Gasteiger partial charge in [-0.25, -0.2) is 13.1 Å². The Morgan fingerprint density at radius 1 is 0.904 bits per heavy atom. The number of nitrogens with zero attached hydrogens (tertiary/aromatic N) is 3. The van der Waals surface area contributed by atoms with Crippen molar-refractivity contribution in [2.75, 3.05) is 37.6 Å². The molecule has 0 bridgehead atoms. The number of sulfonamides is 1. The van der Waals surface area contributed by atoms with Crippen LogP contribution in [0.3, 0.4) is 0 Å². The summed E-state index contributed by atoms with van der Waals surface area (Å²) in [7, 11) is -4.23. The summed E-state index contributed by atoms with van der Waals surface area (Å²) < 4.78 is 34.2. The summed E-state index contributed by atoms with van der Waals surface area (Å²) in [6, 6.07) is 24.7. The number of amides is 1. The van der Waals surface area contributed by atoms with Crippen molar-refractivity contribution in [3.8, 4) is 5.75 Å². The lowest BCUT2D eigenvalue weighted by Crippen LogP contribution is -2.47. The van der Waals surface area contributed by atoms with Crippen LogP contribution in [-0.2, 0) is 16.6 Å². The molecule has 52 heavy (non-hydrogen) atoms. The number of hydrogen-bond donors (Lipinski definition) is 1. The molecule has 1 aliphatic carbocycles.